The summed E-state index contributed by atoms with van der Waals surface area (Å²) in [7, 11) is 0. The predicted octanol–water partition coefficient (Wildman–Crippen LogP) is 3.69. The molecule has 1 unspecified atom stereocenters. The SMILES string of the molecule is CCCOC1CCCC=C(C)CC1. The molecule has 1 atom stereocenters. The average molecular weight is 182 g/mol. The van der Waals surface area contributed by atoms with Gasteiger partial charge in [-0.1, -0.05) is 18.6 Å². The molecule has 0 heterocycles. The van der Waals surface area contributed by atoms with Crippen molar-refractivity contribution in [3.05, 3.63) is 11.6 Å². The largest absolute Gasteiger partial charge is 0.378 e. The molecule has 0 N–H and O–H groups in total. The molecule has 1 nitrogen and oxygen atoms in total. The number of hydrogen-bond donors (Lipinski definition) is 0. The topological polar surface area (TPSA) is 9.23 Å². The van der Waals surface area contributed by atoms with E-state index in [9.17, 15) is 0 Å². The van der Waals surface area contributed by atoms with E-state index in [1.165, 1.54) is 32.1 Å². The molecule has 0 amide bonds. The summed E-state index contributed by atoms with van der Waals surface area (Å²) in [5.74, 6) is 0. The molecule has 13 heavy (non-hydrogen) atoms. The molecule has 0 radical (unpaired) electrons. The molecule has 1 aliphatic carbocycles. The van der Waals surface area contributed by atoms with Crippen LogP contribution in [0.3, 0.4) is 0 Å². The molecule has 1 heteroatoms. The van der Waals surface area contributed by atoms with E-state index in [-0.39, 0.29) is 0 Å². The number of rotatable bonds is 3. The molecule has 76 valence electrons. The van der Waals surface area contributed by atoms with Gasteiger partial charge in [-0.05, 0) is 45.4 Å². The molecule has 0 aromatic heterocycles. The van der Waals surface area contributed by atoms with Crippen LogP contribution >= 0.6 is 0 Å². The van der Waals surface area contributed by atoms with Crippen molar-refractivity contribution in [2.24, 2.45) is 0 Å². The summed E-state index contributed by atoms with van der Waals surface area (Å²) in [6.07, 6.45) is 10.3. The average Bonchev–Trinajstić information content (AvgIpc) is 2.11. The van der Waals surface area contributed by atoms with Crippen LogP contribution in [0, 0.1) is 0 Å². The lowest BCUT2D eigenvalue weighted by Crippen LogP contribution is -2.14. The van der Waals surface area contributed by atoms with Crippen molar-refractivity contribution in [2.75, 3.05) is 6.61 Å². The third-order valence-electron chi connectivity index (χ3n) is 2.64. The van der Waals surface area contributed by atoms with Gasteiger partial charge in [0.25, 0.3) is 0 Å². The molecular weight excluding hydrogens is 160 g/mol. The summed E-state index contributed by atoms with van der Waals surface area (Å²) in [4.78, 5) is 0. The zero-order valence-electron chi connectivity index (χ0n) is 9.01. The lowest BCUT2D eigenvalue weighted by molar-refractivity contribution is 0.0404. The van der Waals surface area contributed by atoms with Gasteiger partial charge in [-0.15, -0.1) is 0 Å². The molecule has 1 aliphatic rings. The fourth-order valence-corrected chi connectivity index (χ4v) is 1.78. The Bertz CT molecular complexity index is 161. The van der Waals surface area contributed by atoms with Crippen molar-refractivity contribution in [3.63, 3.8) is 0 Å². The number of ether oxygens (including phenoxy) is 1. The molecule has 0 spiro atoms. The van der Waals surface area contributed by atoms with Gasteiger partial charge in [-0.25, -0.2) is 0 Å². The lowest BCUT2D eigenvalue weighted by Gasteiger charge is -2.19. The highest BCUT2D eigenvalue weighted by Gasteiger charge is 2.10. The van der Waals surface area contributed by atoms with Gasteiger partial charge in [-0.2, -0.15) is 0 Å². The van der Waals surface area contributed by atoms with Gasteiger partial charge in [0.2, 0.25) is 0 Å². The Morgan fingerprint density at radius 1 is 1.46 bits per heavy atom. The van der Waals surface area contributed by atoms with E-state index in [1.807, 2.05) is 0 Å². The van der Waals surface area contributed by atoms with Crippen LogP contribution < -0.4 is 0 Å². The Morgan fingerprint density at radius 2 is 2.31 bits per heavy atom. The summed E-state index contributed by atoms with van der Waals surface area (Å²) in [6, 6.07) is 0. The summed E-state index contributed by atoms with van der Waals surface area (Å²) in [5, 5.41) is 0. The van der Waals surface area contributed by atoms with Crippen LogP contribution in [-0.2, 0) is 4.74 Å². The zero-order chi connectivity index (χ0) is 9.52. The van der Waals surface area contributed by atoms with Crippen LogP contribution in [0.5, 0.6) is 0 Å². The van der Waals surface area contributed by atoms with E-state index in [2.05, 4.69) is 19.9 Å². The summed E-state index contributed by atoms with van der Waals surface area (Å²) in [6.45, 7) is 5.35. The second-order valence-electron chi connectivity index (χ2n) is 4.01. The Morgan fingerprint density at radius 3 is 3.08 bits per heavy atom. The maximum atomic E-state index is 5.79. The van der Waals surface area contributed by atoms with Crippen LogP contribution in [0.1, 0.15) is 52.4 Å². The molecular formula is C12H22O. The third-order valence-corrected chi connectivity index (χ3v) is 2.64. The number of hydrogen-bond acceptors (Lipinski definition) is 1. The quantitative estimate of drug-likeness (QED) is 0.605. The second kappa shape index (κ2) is 6.20. The molecule has 0 aromatic carbocycles. The molecule has 0 saturated carbocycles. The van der Waals surface area contributed by atoms with Gasteiger partial charge in [0, 0.05) is 6.61 Å². The summed E-state index contributed by atoms with van der Waals surface area (Å²) < 4.78 is 5.79. The zero-order valence-corrected chi connectivity index (χ0v) is 9.01. The van der Waals surface area contributed by atoms with E-state index >= 15 is 0 Å². The van der Waals surface area contributed by atoms with Gasteiger partial charge in [0.05, 0.1) is 6.10 Å². The van der Waals surface area contributed by atoms with E-state index in [1.54, 1.807) is 5.57 Å². The first-order chi connectivity index (χ1) is 6.33. The Hall–Kier alpha value is -0.300. The Labute approximate surface area is 82.2 Å². The normalized spacial score (nSPS) is 24.8. The van der Waals surface area contributed by atoms with Crippen LogP contribution in [0.25, 0.3) is 0 Å². The predicted molar refractivity (Wildman–Crippen MR) is 56.9 cm³/mol. The third kappa shape index (κ3) is 4.47. The van der Waals surface area contributed by atoms with Crippen molar-refractivity contribution in [3.8, 4) is 0 Å². The number of allylic oxidation sites excluding steroid dienone is 2. The van der Waals surface area contributed by atoms with Crippen molar-refractivity contribution in [1.29, 1.82) is 0 Å². The summed E-state index contributed by atoms with van der Waals surface area (Å²) >= 11 is 0. The highest BCUT2D eigenvalue weighted by atomic mass is 16.5. The first-order valence-electron chi connectivity index (χ1n) is 5.60. The fourth-order valence-electron chi connectivity index (χ4n) is 1.78. The Balaban J connectivity index is 2.28. The first kappa shape index (κ1) is 10.8. The maximum absolute atomic E-state index is 5.79. The van der Waals surface area contributed by atoms with E-state index < -0.39 is 0 Å². The van der Waals surface area contributed by atoms with Crippen molar-refractivity contribution < 1.29 is 4.74 Å². The van der Waals surface area contributed by atoms with E-state index in [0.717, 1.165) is 13.0 Å². The van der Waals surface area contributed by atoms with Gasteiger partial charge in [-0.3, -0.25) is 0 Å². The highest BCUT2D eigenvalue weighted by Crippen LogP contribution is 2.19. The monoisotopic (exact) mass is 182 g/mol. The molecule has 0 fully saturated rings. The first-order valence-corrected chi connectivity index (χ1v) is 5.60. The molecule has 0 aromatic rings. The molecule has 0 saturated heterocycles. The molecule has 0 bridgehead atoms. The maximum Gasteiger partial charge on any atom is 0.0578 e. The van der Waals surface area contributed by atoms with E-state index in [4.69, 9.17) is 4.74 Å². The minimum atomic E-state index is 0.531. The highest BCUT2D eigenvalue weighted by molar-refractivity contribution is 4.99. The van der Waals surface area contributed by atoms with Crippen LogP contribution in [0.2, 0.25) is 0 Å². The van der Waals surface area contributed by atoms with Crippen molar-refractivity contribution in [1.82, 2.24) is 0 Å². The van der Waals surface area contributed by atoms with Gasteiger partial charge in [0.15, 0.2) is 0 Å². The molecule has 1 rings (SSSR count). The van der Waals surface area contributed by atoms with Gasteiger partial charge in [0.1, 0.15) is 0 Å². The fraction of sp³-hybridized carbons (Fsp3) is 0.833. The van der Waals surface area contributed by atoms with Gasteiger partial charge < -0.3 is 4.74 Å². The van der Waals surface area contributed by atoms with E-state index in [0.29, 0.717) is 6.10 Å². The van der Waals surface area contributed by atoms with Crippen LogP contribution in [-0.4, -0.2) is 12.7 Å². The lowest BCUT2D eigenvalue weighted by atomic mass is 9.99. The minimum Gasteiger partial charge on any atom is -0.378 e. The van der Waals surface area contributed by atoms with Gasteiger partial charge >= 0.3 is 0 Å². The smallest absolute Gasteiger partial charge is 0.0578 e. The van der Waals surface area contributed by atoms with Crippen molar-refractivity contribution in [2.45, 2.75) is 58.5 Å². The molecule has 0 aliphatic heterocycles. The Kier molecular flexibility index (Phi) is 5.14. The standard InChI is InChI=1S/C12H22O/c1-3-10-13-12-7-5-4-6-11(2)8-9-12/h6,12H,3-5,7-10H2,1-2H3. The van der Waals surface area contributed by atoms with Crippen LogP contribution in [0.4, 0.5) is 0 Å². The van der Waals surface area contributed by atoms with Crippen molar-refractivity contribution >= 4 is 0 Å². The van der Waals surface area contributed by atoms with Crippen LogP contribution in [0.15, 0.2) is 11.6 Å². The second-order valence-corrected chi connectivity index (χ2v) is 4.01. The minimum absolute atomic E-state index is 0.531. The summed E-state index contributed by atoms with van der Waals surface area (Å²) in [5.41, 5.74) is 1.55.